The van der Waals surface area contributed by atoms with Gasteiger partial charge in [0.2, 0.25) is 5.91 Å². The molecule has 0 spiro atoms. The SMILES string of the molecule is CCNC1COCC1C(=O)Nc1ccc(CN(C)C)cc1. The molecule has 0 saturated carbocycles. The molecule has 1 aromatic rings. The first-order valence-corrected chi connectivity index (χ1v) is 7.45. The van der Waals surface area contributed by atoms with Crippen molar-refractivity contribution in [3.05, 3.63) is 29.8 Å². The van der Waals surface area contributed by atoms with E-state index in [1.165, 1.54) is 5.56 Å². The third-order valence-corrected chi connectivity index (χ3v) is 3.60. The molecule has 21 heavy (non-hydrogen) atoms. The van der Waals surface area contributed by atoms with Crippen LogP contribution in [-0.2, 0) is 16.1 Å². The Kier molecular flexibility index (Phi) is 5.73. The Bertz CT molecular complexity index is 459. The second-order valence-corrected chi connectivity index (χ2v) is 5.73. The lowest BCUT2D eigenvalue weighted by Crippen LogP contribution is -2.41. The molecule has 5 heteroatoms. The van der Waals surface area contributed by atoms with Crippen molar-refractivity contribution in [3.8, 4) is 0 Å². The number of nitrogens with zero attached hydrogens (tertiary/aromatic N) is 1. The molecule has 0 bridgehead atoms. The number of anilines is 1. The Hall–Kier alpha value is -1.43. The fourth-order valence-corrected chi connectivity index (χ4v) is 2.57. The van der Waals surface area contributed by atoms with Crippen molar-refractivity contribution in [2.24, 2.45) is 5.92 Å². The molecule has 0 aromatic heterocycles. The second-order valence-electron chi connectivity index (χ2n) is 5.73. The summed E-state index contributed by atoms with van der Waals surface area (Å²) in [6.45, 7) is 4.87. The van der Waals surface area contributed by atoms with Gasteiger partial charge in [-0.15, -0.1) is 0 Å². The van der Waals surface area contributed by atoms with Crippen LogP contribution < -0.4 is 10.6 Å². The van der Waals surface area contributed by atoms with Crippen molar-refractivity contribution in [2.75, 3.05) is 39.2 Å². The maximum atomic E-state index is 12.3. The Balaban J connectivity index is 1.93. The molecular weight excluding hydrogens is 266 g/mol. The number of benzene rings is 1. The summed E-state index contributed by atoms with van der Waals surface area (Å²) in [6, 6.07) is 8.11. The van der Waals surface area contributed by atoms with E-state index >= 15 is 0 Å². The Labute approximate surface area is 126 Å². The van der Waals surface area contributed by atoms with Gasteiger partial charge in [-0.05, 0) is 38.3 Å². The summed E-state index contributed by atoms with van der Waals surface area (Å²) in [4.78, 5) is 14.4. The van der Waals surface area contributed by atoms with Gasteiger partial charge in [0.25, 0.3) is 0 Å². The predicted octanol–water partition coefficient (Wildman–Crippen LogP) is 1.31. The first-order chi connectivity index (χ1) is 10.1. The average Bonchev–Trinajstić information content (AvgIpc) is 2.89. The highest BCUT2D eigenvalue weighted by atomic mass is 16.5. The summed E-state index contributed by atoms with van der Waals surface area (Å²) in [5, 5.41) is 6.28. The molecule has 2 rings (SSSR count). The molecule has 1 heterocycles. The third kappa shape index (κ3) is 4.52. The van der Waals surface area contributed by atoms with Gasteiger partial charge < -0.3 is 20.3 Å². The van der Waals surface area contributed by atoms with Crippen LogP contribution in [-0.4, -0.2) is 50.7 Å². The van der Waals surface area contributed by atoms with Crippen LogP contribution in [0.3, 0.4) is 0 Å². The van der Waals surface area contributed by atoms with E-state index in [4.69, 9.17) is 4.74 Å². The fourth-order valence-electron chi connectivity index (χ4n) is 2.57. The fraction of sp³-hybridized carbons (Fsp3) is 0.562. The van der Waals surface area contributed by atoms with Crippen LogP contribution in [0.1, 0.15) is 12.5 Å². The van der Waals surface area contributed by atoms with Crippen molar-refractivity contribution >= 4 is 11.6 Å². The summed E-state index contributed by atoms with van der Waals surface area (Å²) in [7, 11) is 4.08. The van der Waals surface area contributed by atoms with E-state index in [0.717, 1.165) is 18.8 Å². The smallest absolute Gasteiger partial charge is 0.231 e. The molecule has 2 N–H and O–H groups in total. The number of amides is 1. The van der Waals surface area contributed by atoms with Crippen molar-refractivity contribution in [1.29, 1.82) is 0 Å². The summed E-state index contributed by atoms with van der Waals surface area (Å²) < 4.78 is 5.42. The maximum Gasteiger partial charge on any atom is 0.231 e. The van der Waals surface area contributed by atoms with E-state index < -0.39 is 0 Å². The number of carbonyl (C=O) groups is 1. The van der Waals surface area contributed by atoms with Crippen LogP contribution in [0.25, 0.3) is 0 Å². The zero-order valence-electron chi connectivity index (χ0n) is 13.1. The van der Waals surface area contributed by atoms with Gasteiger partial charge in [0.1, 0.15) is 0 Å². The molecule has 2 unspecified atom stereocenters. The molecule has 1 fully saturated rings. The number of rotatable bonds is 6. The molecule has 0 radical (unpaired) electrons. The predicted molar refractivity (Wildman–Crippen MR) is 84.2 cm³/mol. The molecule has 1 amide bonds. The first-order valence-electron chi connectivity index (χ1n) is 7.45. The minimum atomic E-state index is -0.119. The zero-order valence-corrected chi connectivity index (χ0v) is 13.1. The third-order valence-electron chi connectivity index (χ3n) is 3.60. The Morgan fingerprint density at radius 3 is 2.62 bits per heavy atom. The van der Waals surface area contributed by atoms with Gasteiger partial charge in [0.15, 0.2) is 0 Å². The van der Waals surface area contributed by atoms with Gasteiger partial charge >= 0.3 is 0 Å². The minimum absolute atomic E-state index is 0.0267. The van der Waals surface area contributed by atoms with Crippen LogP contribution in [0.15, 0.2) is 24.3 Å². The van der Waals surface area contributed by atoms with Crippen LogP contribution in [0.5, 0.6) is 0 Å². The molecule has 1 aliphatic rings. The highest BCUT2D eigenvalue weighted by molar-refractivity contribution is 5.93. The second kappa shape index (κ2) is 7.54. The number of ether oxygens (including phenoxy) is 1. The van der Waals surface area contributed by atoms with E-state index in [9.17, 15) is 4.79 Å². The van der Waals surface area contributed by atoms with Crippen LogP contribution in [0, 0.1) is 5.92 Å². The van der Waals surface area contributed by atoms with E-state index in [1.807, 2.05) is 45.3 Å². The largest absolute Gasteiger partial charge is 0.379 e. The number of carbonyl (C=O) groups excluding carboxylic acids is 1. The minimum Gasteiger partial charge on any atom is -0.379 e. The lowest BCUT2D eigenvalue weighted by molar-refractivity contribution is -0.120. The molecule has 2 atom stereocenters. The lowest BCUT2D eigenvalue weighted by atomic mass is 10.0. The van der Waals surface area contributed by atoms with E-state index in [1.54, 1.807) is 0 Å². The van der Waals surface area contributed by atoms with Gasteiger partial charge in [-0.2, -0.15) is 0 Å². The van der Waals surface area contributed by atoms with Gasteiger partial charge in [-0.3, -0.25) is 4.79 Å². The van der Waals surface area contributed by atoms with Crippen molar-refractivity contribution in [3.63, 3.8) is 0 Å². The van der Waals surface area contributed by atoms with Gasteiger partial charge in [-0.25, -0.2) is 0 Å². The molecule has 5 nitrogen and oxygen atoms in total. The van der Waals surface area contributed by atoms with Crippen LogP contribution >= 0.6 is 0 Å². The number of nitrogens with one attached hydrogen (secondary N) is 2. The molecule has 0 aliphatic carbocycles. The number of hydrogen-bond donors (Lipinski definition) is 2. The maximum absolute atomic E-state index is 12.3. The summed E-state index contributed by atoms with van der Waals surface area (Å²) >= 11 is 0. The van der Waals surface area contributed by atoms with Gasteiger partial charge in [0.05, 0.1) is 19.1 Å². The van der Waals surface area contributed by atoms with Crippen molar-refractivity contribution in [2.45, 2.75) is 19.5 Å². The molecule has 116 valence electrons. The number of likely N-dealkylation sites (N-methyl/N-ethyl adjacent to an activating group) is 1. The molecule has 1 saturated heterocycles. The topological polar surface area (TPSA) is 53.6 Å². The first kappa shape index (κ1) is 15.9. The van der Waals surface area contributed by atoms with E-state index in [-0.39, 0.29) is 17.9 Å². The lowest BCUT2D eigenvalue weighted by Gasteiger charge is -2.18. The summed E-state index contributed by atoms with van der Waals surface area (Å²) in [5.41, 5.74) is 2.07. The van der Waals surface area contributed by atoms with E-state index in [2.05, 4.69) is 15.5 Å². The zero-order chi connectivity index (χ0) is 15.2. The highest BCUT2D eigenvalue weighted by Gasteiger charge is 2.33. The van der Waals surface area contributed by atoms with Crippen LogP contribution in [0.4, 0.5) is 5.69 Å². The standard InChI is InChI=1S/C16H25N3O2/c1-4-17-15-11-21-10-14(15)16(20)18-13-7-5-12(6-8-13)9-19(2)3/h5-8,14-15,17H,4,9-11H2,1-3H3,(H,18,20). The quantitative estimate of drug-likeness (QED) is 0.830. The molecular formula is C16H25N3O2. The van der Waals surface area contributed by atoms with Crippen LogP contribution in [0.2, 0.25) is 0 Å². The number of hydrogen-bond acceptors (Lipinski definition) is 4. The normalized spacial score (nSPS) is 21.7. The van der Waals surface area contributed by atoms with Gasteiger partial charge in [-0.1, -0.05) is 19.1 Å². The van der Waals surface area contributed by atoms with Gasteiger partial charge in [0, 0.05) is 18.3 Å². The Morgan fingerprint density at radius 1 is 1.29 bits per heavy atom. The molecule has 1 aliphatic heterocycles. The highest BCUT2D eigenvalue weighted by Crippen LogP contribution is 2.17. The van der Waals surface area contributed by atoms with Crippen molar-refractivity contribution < 1.29 is 9.53 Å². The molecule has 1 aromatic carbocycles. The Morgan fingerprint density at radius 2 is 2.00 bits per heavy atom. The summed E-state index contributed by atoms with van der Waals surface area (Å²) in [5.74, 6) is -0.0924. The summed E-state index contributed by atoms with van der Waals surface area (Å²) in [6.07, 6.45) is 0. The van der Waals surface area contributed by atoms with Crippen molar-refractivity contribution in [1.82, 2.24) is 10.2 Å². The average molecular weight is 291 g/mol. The van der Waals surface area contributed by atoms with E-state index in [0.29, 0.717) is 13.2 Å². The monoisotopic (exact) mass is 291 g/mol.